The maximum Gasteiger partial charge on any atom is 0.264 e. The van der Waals surface area contributed by atoms with Crippen molar-refractivity contribution in [3.05, 3.63) is 94.0 Å². The van der Waals surface area contributed by atoms with E-state index < -0.39 is 28.5 Å². The van der Waals surface area contributed by atoms with Crippen LogP contribution >= 0.6 is 11.6 Å². The number of halogens is 1. The number of amides is 2. The third-order valence-corrected chi connectivity index (χ3v) is 8.19. The highest BCUT2D eigenvalue weighted by atomic mass is 35.5. The van der Waals surface area contributed by atoms with Crippen LogP contribution in [0.2, 0.25) is 5.02 Å². The molecule has 37 heavy (non-hydrogen) atoms. The number of likely N-dealkylation sites (N-methyl/N-ethyl adjacent to an activating group) is 1. The van der Waals surface area contributed by atoms with Crippen molar-refractivity contribution < 1.29 is 18.0 Å². The number of carbonyl (C=O) groups excluding carboxylic acids is 2. The summed E-state index contributed by atoms with van der Waals surface area (Å²) in [5.41, 5.74) is 3.68. The third kappa shape index (κ3) is 6.70. The van der Waals surface area contributed by atoms with Gasteiger partial charge in [-0.05, 0) is 63.1 Å². The number of sulfonamides is 1. The van der Waals surface area contributed by atoms with E-state index in [1.807, 2.05) is 38.1 Å². The van der Waals surface area contributed by atoms with Gasteiger partial charge < -0.3 is 10.2 Å². The Morgan fingerprint density at radius 1 is 0.946 bits per heavy atom. The number of nitrogens with one attached hydrogen (secondary N) is 1. The largest absolute Gasteiger partial charge is 0.357 e. The van der Waals surface area contributed by atoms with Crippen molar-refractivity contribution >= 4 is 39.1 Å². The quantitative estimate of drug-likeness (QED) is 0.428. The van der Waals surface area contributed by atoms with Gasteiger partial charge in [0.1, 0.15) is 12.6 Å². The van der Waals surface area contributed by atoms with Crippen LogP contribution in [0.3, 0.4) is 0 Å². The zero-order valence-corrected chi connectivity index (χ0v) is 23.2. The lowest BCUT2D eigenvalue weighted by molar-refractivity contribution is -0.139. The average Bonchev–Trinajstić information content (AvgIpc) is 2.86. The molecule has 0 unspecified atom stereocenters. The monoisotopic (exact) mass is 541 g/mol. The van der Waals surface area contributed by atoms with Crippen LogP contribution in [0.1, 0.15) is 29.2 Å². The fourth-order valence-electron chi connectivity index (χ4n) is 4.00. The average molecular weight is 542 g/mol. The molecule has 0 spiro atoms. The zero-order valence-electron chi connectivity index (χ0n) is 21.7. The molecular weight excluding hydrogens is 510 g/mol. The molecule has 196 valence electrons. The summed E-state index contributed by atoms with van der Waals surface area (Å²) in [6.07, 6.45) is 0. The second-order valence-electron chi connectivity index (χ2n) is 9.06. The Labute approximate surface area is 224 Å². The van der Waals surface area contributed by atoms with Gasteiger partial charge in [0.2, 0.25) is 11.8 Å². The van der Waals surface area contributed by atoms with Gasteiger partial charge in [-0.3, -0.25) is 13.9 Å². The van der Waals surface area contributed by atoms with Crippen molar-refractivity contribution in [1.29, 1.82) is 0 Å². The molecule has 0 aromatic heterocycles. The van der Waals surface area contributed by atoms with E-state index in [0.29, 0.717) is 16.3 Å². The van der Waals surface area contributed by atoms with Gasteiger partial charge in [0, 0.05) is 18.6 Å². The topological polar surface area (TPSA) is 86.8 Å². The summed E-state index contributed by atoms with van der Waals surface area (Å²) in [4.78, 5) is 27.8. The Hall–Kier alpha value is -3.36. The number of anilines is 1. The summed E-state index contributed by atoms with van der Waals surface area (Å²) in [5, 5.41) is 2.92. The van der Waals surface area contributed by atoms with E-state index in [2.05, 4.69) is 5.32 Å². The first kappa shape index (κ1) is 28.2. The summed E-state index contributed by atoms with van der Waals surface area (Å²) in [7, 11) is -2.65. The summed E-state index contributed by atoms with van der Waals surface area (Å²) in [6, 6.07) is 18.1. The van der Waals surface area contributed by atoms with Crippen molar-refractivity contribution in [1.82, 2.24) is 10.2 Å². The van der Waals surface area contributed by atoms with Crippen molar-refractivity contribution in [3.63, 3.8) is 0 Å². The van der Waals surface area contributed by atoms with E-state index in [-0.39, 0.29) is 17.3 Å². The van der Waals surface area contributed by atoms with E-state index in [1.165, 1.54) is 30.1 Å². The minimum absolute atomic E-state index is 0.0508. The SMILES string of the molecule is CNC(=O)[C@H](C)N(Cc1cccc(C)c1)C(=O)CN(c1cc(Cl)ccc1C)S(=O)(=O)c1ccc(C)cc1. The zero-order chi connectivity index (χ0) is 27.3. The molecule has 0 fully saturated rings. The van der Waals surface area contributed by atoms with Gasteiger partial charge >= 0.3 is 0 Å². The summed E-state index contributed by atoms with van der Waals surface area (Å²) < 4.78 is 28.8. The summed E-state index contributed by atoms with van der Waals surface area (Å²) in [5.74, 6) is -0.874. The van der Waals surface area contributed by atoms with E-state index in [1.54, 1.807) is 38.1 Å². The summed E-state index contributed by atoms with van der Waals surface area (Å²) >= 11 is 6.24. The lowest BCUT2D eigenvalue weighted by atomic mass is 10.1. The lowest BCUT2D eigenvalue weighted by Gasteiger charge is -2.32. The molecule has 0 heterocycles. The molecule has 0 radical (unpaired) electrons. The van der Waals surface area contributed by atoms with Gasteiger partial charge in [-0.1, -0.05) is 65.2 Å². The minimum atomic E-state index is -4.14. The number of nitrogens with zero attached hydrogens (tertiary/aromatic N) is 2. The normalized spacial score (nSPS) is 12.1. The molecule has 2 amide bonds. The highest BCUT2D eigenvalue weighted by Crippen LogP contribution is 2.30. The number of rotatable bonds is 9. The number of hydrogen-bond acceptors (Lipinski definition) is 4. The molecular formula is C28H32ClN3O4S. The number of aryl methyl sites for hydroxylation is 3. The molecule has 0 saturated carbocycles. The van der Waals surface area contributed by atoms with E-state index >= 15 is 0 Å². The van der Waals surface area contributed by atoms with Crippen LogP contribution in [0.25, 0.3) is 0 Å². The Balaban J connectivity index is 2.08. The third-order valence-electron chi connectivity index (χ3n) is 6.18. The lowest BCUT2D eigenvalue weighted by Crippen LogP contribution is -2.50. The smallest absolute Gasteiger partial charge is 0.264 e. The molecule has 3 aromatic rings. The van der Waals surface area contributed by atoms with Crippen LogP contribution in [0.4, 0.5) is 5.69 Å². The Kier molecular flexibility index (Phi) is 8.99. The first-order chi connectivity index (χ1) is 17.4. The highest BCUT2D eigenvalue weighted by molar-refractivity contribution is 7.92. The van der Waals surface area contributed by atoms with Gasteiger partial charge in [0.05, 0.1) is 10.6 Å². The second kappa shape index (κ2) is 11.8. The molecule has 0 aliphatic carbocycles. The predicted octanol–water partition coefficient (Wildman–Crippen LogP) is 4.62. The Morgan fingerprint density at radius 3 is 2.24 bits per heavy atom. The number of hydrogen-bond donors (Lipinski definition) is 1. The Bertz CT molecular complexity index is 1390. The van der Waals surface area contributed by atoms with Crippen LogP contribution in [0.15, 0.2) is 71.6 Å². The van der Waals surface area contributed by atoms with Crippen molar-refractivity contribution in [2.45, 2.75) is 45.2 Å². The van der Waals surface area contributed by atoms with Gasteiger partial charge in [0.15, 0.2) is 0 Å². The fourth-order valence-corrected chi connectivity index (χ4v) is 5.64. The molecule has 0 saturated heterocycles. The van der Waals surface area contributed by atoms with Crippen molar-refractivity contribution in [3.8, 4) is 0 Å². The maximum atomic E-state index is 13.9. The van der Waals surface area contributed by atoms with Gasteiger partial charge in [-0.25, -0.2) is 8.42 Å². The molecule has 9 heteroatoms. The van der Waals surface area contributed by atoms with E-state index in [0.717, 1.165) is 21.0 Å². The number of carbonyl (C=O) groups is 2. The van der Waals surface area contributed by atoms with Crippen molar-refractivity contribution in [2.75, 3.05) is 17.9 Å². The molecule has 1 atom stereocenters. The molecule has 1 N–H and O–H groups in total. The van der Waals surface area contributed by atoms with Crippen LogP contribution in [0, 0.1) is 20.8 Å². The van der Waals surface area contributed by atoms with Gasteiger partial charge in [-0.15, -0.1) is 0 Å². The first-order valence-electron chi connectivity index (χ1n) is 11.9. The van der Waals surface area contributed by atoms with E-state index in [9.17, 15) is 18.0 Å². The number of benzene rings is 3. The molecule has 3 rings (SSSR count). The highest BCUT2D eigenvalue weighted by Gasteiger charge is 2.33. The molecule has 0 aliphatic heterocycles. The standard InChI is InChI=1S/C28H32ClN3O4S/c1-19-9-13-25(14-10-19)37(35,36)32(26-16-24(29)12-11-21(26)3)18-27(33)31(22(4)28(34)30-5)17-23-8-6-7-20(2)15-23/h6-16,22H,17-18H2,1-5H3,(H,30,34)/t22-/m0/s1. The van der Waals surface area contributed by atoms with Crippen LogP contribution in [-0.2, 0) is 26.2 Å². The predicted molar refractivity (Wildman–Crippen MR) is 147 cm³/mol. The first-order valence-corrected chi connectivity index (χ1v) is 13.7. The van der Waals surface area contributed by atoms with Crippen molar-refractivity contribution in [2.24, 2.45) is 0 Å². The summed E-state index contributed by atoms with van der Waals surface area (Å²) in [6.45, 7) is 6.81. The van der Waals surface area contributed by atoms with Crippen LogP contribution in [-0.4, -0.2) is 44.8 Å². The molecule has 0 aliphatic rings. The van der Waals surface area contributed by atoms with Gasteiger partial charge in [-0.2, -0.15) is 0 Å². The Morgan fingerprint density at radius 2 is 1.62 bits per heavy atom. The van der Waals surface area contributed by atoms with Crippen LogP contribution < -0.4 is 9.62 Å². The molecule has 0 bridgehead atoms. The second-order valence-corrected chi connectivity index (χ2v) is 11.4. The molecule has 3 aromatic carbocycles. The maximum absolute atomic E-state index is 13.9. The minimum Gasteiger partial charge on any atom is -0.357 e. The molecule has 7 nitrogen and oxygen atoms in total. The van der Waals surface area contributed by atoms with Gasteiger partial charge in [0.25, 0.3) is 10.0 Å². The van der Waals surface area contributed by atoms with E-state index in [4.69, 9.17) is 11.6 Å². The fraction of sp³-hybridized carbons (Fsp3) is 0.286. The van der Waals surface area contributed by atoms with Crippen LogP contribution in [0.5, 0.6) is 0 Å².